The summed E-state index contributed by atoms with van der Waals surface area (Å²) in [5, 5.41) is 2.05. The molecule has 3 aromatic rings. The molecule has 4 rings (SSSR count). The summed E-state index contributed by atoms with van der Waals surface area (Å²) in [5.41, 5.74) is -5.51. The lowest BCUT2D eigenvalue weighted by Crippen LogP contribution is -2.30. The van der Waals surface area contributed by atoms with Crippen LogP contribution in [0.4, 0.5) is 18.0 Å². The van der Waals surface area contributed by atoms with Gasteiger partial charge in [-0.15, -0.1) is 11.3 Å². The molecular weight excluding hydrogens is 431 g/mol. The molecule has 0 spiro atoms. The minimum atomic E-state index is -5.71. The highest BCUT2D eigenvalue weighted by atomic mass is 32.2. The number of fused-ring (bicyclic) bond motifs is 3. The molecule has 2 aromatic heterocycles. The highest BCUT2D eigenvalue weighted by Gasteiger charge is 2.51. The fourth-order valence-corrected chi connectivity index (χ4v) is 5.06. The van der Waals surface area contributed by atoms with Gasteiger partial charge in [0.15, 0.2) is 5.75 Å². The predicted molar refractivity (Wildman–Crippen MR) is 101 cm³/mol. The Labute approximate surface area is 166 Å². The van der Waals surface area contributed by atoms with Crippen molar-refractivity contribution in [1.82, 2.24) is 4.57 Å². The minimum absolute atomic E-state index is 0.0884. The van der Waals surface area contributed by atoms with E-state index in [2.05, 4.69) is 0 Å². The van der Waals surface area contributed by atoms with Crippen molar-refractivity contribution in [2.45, 2.75) is 5.51 Å². The number of halogens is 3. The normalized spacial score (nSPS) is 14.6. The van der Waals surface area contributed by atoms with E-state index < -0.39 is 33.0 Å². The lowest BCUT2D eigenvalue weighted by atomic mass is 10.1. The predicted octanol–water partition coefficient (Wildman–Crippen LogP) is 4.40. The van der Waals surface area contributed by atoms with E-state index in [1.165, 1.54) is 6.07 Å². The van der Waals surface area contributed by atoms with Crippen LogP contribution >= 0.6 is 11.3 Å². The molecule has 0 bridgehead atoms. The fourth-order valence-electron chi connectivity index (χ4n) is 3.23. The number of hydrogen-bond acceptors (Lipinski definition) is 6. The summed E-state index contributed by atoms with van der Waals surface area (Å²) in [7, 11) is -4.59. The number of ether oxygens (including phenoxy) is 2. The van der Waals surface area contributed by atoms with Crippen molar-refractivity contribution in [2.24, 2.45) is 0 Å². The topological polar surface area (TPSA) is 74.6 Å². The number of sulfone groups is 1. The molecule has 6 nitrogen and oxygen atoms in total. The maximum Gasteiger partial charge on any atom is 0.501 e. The minimum Gasteiger partial charge on any atom is -0.485 e. The maximum absolute atomic E-state index is 13.4. The second kappa shape index (κ2) is 6.63. The Balaban J connectivity index is 2.18. The number of alkyl halides is 3. The third kappa shape index (κ3) is 2.84. The summed E-state index contributed by atoms with van der Waals surface area (Å²) in [6.45, 7) is -0.808. The summed E-state index contributed by atoms with van der Waals surface area (Å²) in [4.78, 5) is 11.8. The molecule has 152 valence electrons. The number of benzene rings is 1. The Morgan fingerprint density at radius 1 is 1.21 bits per heavy atom. The van der Waals surface area contributed by atoms with Crippen LogP contribution in [0.3, 0.4) is 0 Å². The van der Waals surface area contributed by atoms with Crippen molar-refractivity contribution >= 4 is 43.7 Å². The molecule has 0 radical (unpaired) electrons. The molecule has 0 saturated heterocycles. The van der Waals surface area contributed by atoms with Crippen LogP contribution in [0.5, 0.6) is 5.75 Å². The molecule has 0 N–H and O–H groups in total. The van der Waals surface area contributed by atoms with Gasteiger partial charge in [0.1, 0.15) is 17.2 Å². The number of carbonyl (C=O) groups excluding carboxylic acids is 1. The van der Waals surface area contributed by atoms with Crippen LogP contribution in [0.15, 0.2) is 46.7 Å². The third-order valence-corrected chi connectivity index (χ3v) is 6.91. The van der Waals surface area contributed by atoms with E-state index >= 15 is 0 Å². The standard InChI is InChI=1S/C18H12F3NO5S2/c1-26-17(23)22-11-6-3-2-5-10(11)16-15(22)14(12-7-4-8-28-12)13(9-27-16)29(24,25)18(19,20)21/h2-8H,9H2,1H3. The molecule has 0 aliphatic carbocycles. The van der Waals surface area contributed by atoms with Crippen molar-refractivity contribution in [3.05, 3.63) is 57.3 Å². The summed E-state index contributed by atoms with van der Waals surface area (Å²) >= 11 is 1.05. The Morgan fingerprint density at radius 2 is 1.93 bits per heavy atom. The molecule has 0 amide bonds. The van der Waals surface area contributed by atoms with E-state index in [0.717, 1.165) is 23.0 Å². The molecule has 0 atom stereocenters. The quantitative estimate of drug-likeness (QED) is 0.587. The molecule has 3 heterocycles. The lowest BCUT2D eigenvalue weighted by molar-refractivity contribution is -0.0428. The molecule has 11 heteroatoms. The van der Waals surface area contributed by atoms with Crippen molar-refractivity contribution in [1.29, 1.82) is 0 Å². The molecule has 29 heavy (non-hydrogen) atoms. The van der Waals surface area contributed by atoms with Crippen LogP contribution in [-0.2, 0) is 14.6 Å². The lowest BCUT2D eigenvalue weighted by Gasteiger charge is -2.23. The Kier molecular flexibility index (Phi) is 4.46. The van der Waals surface area contributed by atoms with Gasteiger partial charge in [-0.25, -0.2) is 17.8 Å². The number of aromatic nitrogens is 1. The number of hydrogen-bond donors (Lipinski definition) is 0. The molecule has 0 fully saturated rings. The number of rotatable bonds is 2. The first-order chi connectivity index (χ1) is 13.7. The molecule has 0 unspecified atom stereocenters. The van der Waals surface area contributed by atoms with E-state index in [-0.39, 0.29) is 21.9 Å². The van der Waals surface area contributed by atoms with Gasteiger partial charge in [0, 0.05) is 15.8 Å². The van der Waals surface area contributed by atoms with E-state index in [0.29, 0.717) is 10.9 Å². The monoisotopic (exact) mass is 443 g/mol. The Hall–Kier alpha value is -2.79. The van der Waals surface area contributed by atoms with Crippen molar-refractivity contribution < 1.29 is 35.9 Å². The first-order valence-electron chi connectivity index (χ1n) is 8.11. The largest absolute Gasteiger partial charge is 0.501 e. The highest BCUT2D eigenvalue weighted by Crippen LogP contribution is 2.48. The summed E-state index contributed by atoms with van der Waals surface area (Å²) in [5.74, 6) is 0.121. The highest BCUT2D eigenvalue weighted by molar-refractivity contribution is 7.96. The van der Waals surface area contributed by atoms with Gasteiger partial charge in [0.05, 0.1) is 12.6 Å². The van der Waals surface area contributed by atoms with Crippen molar-refractivity contribution in [3.8, 4) is 5.75 Å². The number of methoxy groups -OCH3 is 1. The van der Waals surface area contributed by atoms with Crippen LogP contribution in [0, 0.1) is 0 Å². The van der Waals surface area contributed by atoms with Crippen LogP contribution in [-0.4, -0.2) is 38.3 Å². The SMILES string of the molecule is COC(=O)n1c2c(c3ccccc31)OCC(S(=O)(=O)C(F)(F)F)=C2c1cccs1. The van der Waals surface area contributed by atoms with Crippen LogP contribution in [0.1, 0.15) is 10.6 Å². The van der Waals surface area contributed by atoms with Gasteiger partial charge >= 0.3 is 11.6 Å². The fraction of sp³-hybridized carbons (Fsp3) is 0.167. The smallest absolute Gasteiger partial charge is 0.485 e. The van der Waals surface area contributed by atoms with Gasteiger partial charge in [0.2, 0.25) is 0 Å². The zero-order valence-corrected chi connectivity index (χ0v) is 16.3. The van der Waals surface area contributed by atoms with E-state index in [1.54, 1.807) is 35.7 Å². The van der Waals surface area contributed by atoms with E-state index in [4.69, 9.17) is 9.47 Å². The molecule has 0 saturated carbocycles. The van der Waals surface area contributed by atoms with Crippen LogP contribution < -0.4 is 4.74 Å². The number of para-hydroxylation sites is 1. The summed E-state index contributed by atoms with van der Waals surface area (Å²) in [6.07, 6.45) is -0.884. The Bertz CT molecular complexity index is 1250. The second-order valence-electron chi connectivity index (χ2n) is 6.01. The first-order valence-corrected chi connectivity index (χ1v) is 10.5. The molecular formula is C18H12F3NO5S2. The summed E-state index contributed by atoms with van der Waals surface area (Å²) in [6, 6.07) is 9.56. The zero-order chi connectivity index (χ0) is 21.0. The maximum atomic E-state index is 13.4. The van der Waals surface area contributed by atoms with Crippen molar-refractivity contribution in [2.75, 3.05) is 13.7 Å². The number of thiophene rings is 1. The van der Waals surface area contributed by atoms with Crippen LogP contribution in [0.2, 0.25) is 0 Å². The molecule has 1 aromatic carbocycles. The Morgan fingerprint density at radius 3 is 2.55 bits per heavy atom. The van der Waals surface area contributed by atoms with E-state index in [9.17, 15) is 26.4 Å². The molecule has 1 aliphatic heterocycles. The number of carbonyl (C=O) groups is 1. The van der Waals surface area contributed by atoms with Gasteiger partial charge in [-0.1, -0.05) is 18.2 Å². The van der Waals surface area contributed by atoms with Gasteiger partial charge in [-0.05, 0) is 23.6 Å². The zero-order valence-electron chi connectivity index (χ0n) is 14.7. The average molecular weight is 443 g/mol. The third-order valence-electron chi connectivity index (χ3n) is 4.45. The summed E-state index contributed by atoms with van der Waals surface area (Å²) < 4.78 is 76.0. The molecule has 1 aliphatic rings. The van der Waals surface area contributed by atoms with Gasteiger partial charge in [-0.3, -0.25) is 0 Å². The van der Waals surface area contributed by atoms with E-state index in [1.807, 2.05) is 0 Å². The van der Waals surface area contributed by atoms with Crippen molar-refractivity contribution in [3.63, 3.8) is 0 Å². The van der Waals surface area contributed by atoms with Crippen LogP contribution in [0.25, 0.3) is 16.5 Å². The average Bonchev–Trinajstić information content (AvgIpc) is 3.32. The number of nitrogens with zero attached hydrogens (tertiary/aromatic N) is 1. The van der Waals surface area contributed by atoms with Gasteiger partial charge < -0.3 is 9.47 Å². The first kappa shape index (κ1) is 19.5. The van der Waals surface area contributed by atoms with Gasteiger partial charge in [-0.2, -0.15) is 13.2 Å². The van der Waals surface area contributed by atoms with Gasteiger partial charge in [0.25, 0.3) is 9.84 Å². The second-order valence-corrected chi connectivity index (χ2v) is 8.92.